The van der Waals surface area contributed by atoms with Crippen LogP contribution in [-0.4, -0.2) is 23.9 Å². The lowest BCUT2D eigenvalue weighted by Gasteiger charge is -2.10. The number of nitrogens with one attached hydrogen (secondary N) is 2. The highest BCUT2D eigenvalue weighted by molar-refractivity contribution is 5.91. The van der Waals surface area contributed by atoms with Crippen LogP contribution < -0.4 is 10.6 Å². The number of furan rings is 1. The molecule has 10 heteroatoms. The van der Waals surface area contributed by atoms with Gasteiger partial charge in [0.05, 0.1) is 16.7 Å². The minimum absolute atomic E-state index is 0.0692. The standard InChI is InChI=1S/C14H12F3N3O4/c15-14(16,17)9-3-4-10(11(8-9)20(22)23)18-5-6-19-13(21)12-2-1-7-24-12/h1-4,7-8,18H,5-6H2,(H,19,21). The van der Waals surface area contributed by atoms with E-state index in [4.69, 9.17) is 4.42 Å². The summed E-state index contributed by atoms with van der Waals surface area (Å²) in [7, 11) is 0. The van der Waals surface area contributed by atoms with E-state index < -0.39 is 28.3 Å². The summed E-state index contributed by atoms with van der Waals surface area (Å²) in [5.74, 6) is -0.362. The first-order valence-electron chi connectivity index (χ1n) is 6.70. The second kappa shape index (κ2) is 7.02. The zero-order valence-corrected chi connectivity index (χ0v) is 12.1. The summed E-state index contributed by atoms with van der Waals surface area (Å²) in [5, 5.41) is 16.0. The van der Waals surface area contributed by atoms with Crippen molar-refractivity contribution in [3.63, 3.8) is 0 Å². The summed E-state index contributed by atoms with van der Waals surface area (Å²) in [6.45, 7) is 0.177. The summed E-state index contributed by atoms with van der Waals surface area (Å²) < 4.78 is 42.7. The number of carbonyl (C=O) groups is 1. The lowest BCUT2D eigenvalue weighted by atomic mass is 10.1. The Morgan fingerprint density at radius 2 is 2.00 bits per heavy atom. The lowest BCUT2D eigenvalue weighted by molar-refractivity contribution is -0.384. The molecule has 0 saturated heterocycles. The molecule has 0 aliphatic carbocycles. The molecule has 2 rings (SSSR count). The molecule has 2 aromatic rings. The van der Waals surface area contributed by atoms with Crippen LogP contribution in [0.15, 0.2) is 41.0 Å². The molecule has 0 spiro atoms. The van der Waals surface area contributed by atoms with Gasteiger partial charge in [-0.15, -0.1) is 0 Å². The van der Waals surface area contributed by atoms with Crippen LogP contribution in [-0.2, 0) is 6.18 Å². The van der Waals surface area contributed by atoms with E-state index in [0.29, 0.717) is 6.07 Å². The number of hydrogen-bond donors (Lipinski definition) is 2. The van der Waals surface area contributed by atoms with Crippen molar-refractivity contribution in [1.29, 1.82) is 0 Å². The van der Waals surface area contributed by atoms with Crippen LogP contribution in [0.5, 0.6) is 0 Å². The zero-order chi connectivity index (χ0) is 17.7. The largest absolute Gasteiger partial charge is 0.459 e. The predicted octanol–water partition coefficient (Wildman–Crippen LogP) is 3.05. The molecular weight excluding hydrogens is 331 g/mol. The van der Waals surface area contributed by atoms with Crippen LogP contribution in [0.3, 0.4) is 0 Å². The van der Waals surface area contributed by atoms with Crippen molar-refractivity contribution in [3.05, 3.63) is 58.0 Å². The van der Waals surface area contributed by atoms with Gasteiger partial charge in [0.15, 0.2) is 5.76 Å². The second-order valence-corrected chi connectivity index (χ2v) is 4.65. The molecule has 0 saturated carbocycles. The third kappa shape index (κ3) is 4.24. The fraction of sp³-hybridized carbons (Fsp3) is 0.214. The molecule has 0 bridgehead atoms. The minimum Gasteiger partial charge on any atom is -0.459 e. The average molecular weight is 343 g/mol. The number of anilines is 1. The van der Waals surface area contributed by atoms with Crippen LogP contribution in [0.2, 0.25) is 0 Å². The van der Waals surface area contributed by atoms with Gasteiger partial charge in [-0.25, -0.2) is 0 Å². The van der Waals surface area contributed by atoms with E-state index in [1.54, 1.807) is 6.07 Å². The molecule has 0 aliphatic rings. The van der Waals surface area contributed by atoms with Crippen molar-refractivity contribution in [2.24, 2.45) is 0 Å². The highest BCUT2D eigenvalue weighted by Crippen LogP contribution is 2.34. The maximum atomic E-state index is 12.6. The van der Waals surface area contributed by atoms with Gasteiger partial charge in [-0.3, -0.25) is 14.9 Å². The first kappa shape index (κ1) is 17.3. The van der Waals surface area contributed by atoms with Crippen LogP contribution in [0.1, 0.15) is 16.1 Å². The van der Waals surface area contributed by atoms with E-state index in [1.165, 1.54) is 12.3 Å². The molecule has 2 N–H and O–H groups in total. The SMILES string of the molecule is O=C(NCCNc1ccc(C(F)(F)F)cc1[N+](=O)[O-])c1ccco1. The van der Waals surface area contributed by atoms with Crippen molar-refractivity contribution in [2.75, 3.05) is 18.4 Å². The summed E-state index contributed by atoms with van der Waals surface area (Å²) in [6, 6.07) is 5.19. The summed E-state index contributed by atoms with van der Waals surface area (Å²) in [5.41, 5.74) is -1.87. The quantitative estimate of drug-likeness (QED) is 0.477. The number of carbonyl (C=O) groups excluding carboxylic acids is 1. The molecule has 1 aromatic carbocycles. The molecule has 0 fully saturated rings. The Morgan fingerprint density at radius 1 is 1.25 bits per heavy atom. The van der Waals surface area contributed by atoms with Crippen molar-refractivity contribution >= 4 is 17.3 Å². The Hall–Kier alpha value is -3.04. The van der Waals surface area contributed by atoms with Crippen LogP contribution in [0.25, 0.3) is 0 Å². The Morgan fingerprint density at radius 3 is 2.58 bits per heavy atom. The molecule has 128 valence electrons. The third-order valence-electron chi connectivity index (χ3n) is 2.99. The van der Waals surface area contributed by atoms with Crippen LogP contribution in [0, 0.1) is 10.1 Å². The van der Waals surface area contributed by atoms with Gasteiger partial charge in [-0.2, -0.15) is 13.2 Å². The van der Waals surface area contributed by atoms with Crippen LogP contribution in [0.4, 0.5) is 24.5 Å². The fourth-order valence-electron chi connectivity index (χ4n) is 1.88. The van der Waals surface area contributed by atoms with Crippen molar-refractivity contribution in [3.8, 4) is 0 Å². The van der Waals surface area contributed by atoms with Gasteiger partial charge in [-0.1, -0.05) is 0 Å². The Balaban J connectivity index is 1.97. The van der Waals surface area contributed by atoms with E-state index in [0.717, 1.165) is 12.1 Å². The summed E-state index contributed by atoms with van der Waals surface area (Å²) in [4.78, 5) is 21.6. The Bertz CT molecular complexity index is 729. The number of nitro benzene ring substituents is 1. The topological polar surface area (TPSA) is 97.4 Å². The summed E-state index contributed by atoms with van der Waals surface area (Å²) in [6.07, 6.45) is -3.33. The maximum absolute atomic E-state index is 12.6. The van der Waals surface area contributed by atoms with E-state index in [2.05, 4.69) is 10.6 Å². The van der Waals surface area contributed by atoms with E-state index in [1.807, 2.05) is 0 Å². The number of hydrogen-bond acceptors (Lipinski definition) is 5. The van der Waals surface area contributed by atoms with Gasteiger partial charge in [-0.05, 0) is 24.3 Å². The van der Waals surface area contributed by atoms with E-state index in [-0.39, 0.29) is 24.5 Å². The van der Waals surface area contributed by atoms with Crippen LogP contribution >= 0.6 is 0 Å². The molecule has 0 atom stereocenters. The third-order valence-corrected chi connectivity index (χ3v) is 2.99. The Kier molecular flexibility index (Phi) is 5.07. The van der Waals surface area contributed by atoms with Gasteiger partial charge < -0.3 is 15.1 Å². The van der Waals surface area contributed by atoms with Crippen molar-refractivity contribution in [2.45, 2.75) is 6.18 Å². The van der Waals surface area contributed by atoms with Crippen molar-refractivity contribution < 1.29 is 27.3 Å². The number of nitrogens with zero attached hydrogens (tertiary/aromatic N) is 1. The summed E-state index contributed by atoms with van der Waals surface area (Å²) >= 11 is 0. The monoisotopic (exact) mass is 343 g/mol. The minimum atomic E-state index is -4.67. The molecule has 0 unspecified atom stereocenters. The second-order valence-electron chi connectivity index (χ2n) is 4.65. The molecule has 7 nitrogen and oxygen atoms in total. The number of rotatable bonds is 6. The number of halogens is 3. The number of benzene rings is 1. The average Bonchev–Trinajstić information content (AvgIpc) is 3.04. The molecule has 1 aromatic heterocycles. The molecule has 1 heterocycles. The smallest absolute Gasteiger partial charge is 0.416 e. The first-order valence-corrected chi connectivity index (χ1v) is 6.70. The van der Waals surface area contributed by atoms with Gasteiger partial charge in [0, 0.05) is 19.2 Å². The fourth-order valence-corrected chi connectivity index (χ4v) is 1.88. The van der Waals surface area contributed by atoms with E-state index in [9.17, 15) is 28.1 Å². The van der Waals surface area contributed by atoms with Gasteiger partial charge in [0.25, 0.3) is 11.6 Å². The molecule has 0 aliphatic heterocycles. The van der Waals surface area contributed by atoms with Gasteiger partial charge in [0.2, 0.25) is 0 Å². The zero-order valence-electron chi connectivity index (χ0n) is 12.1. The number of amides is 1. The first-order chi connectivity index (χ1) is 11.3. The van der Waals surface area contributed by atoms with Crippen molar-refractivity contribution in [1.82, 2.24) is 5.32 Å². The molecule has 1 amide bonds. The number of nitro groups is 1. The molecule has 0 radical (unpaired) electrons. The maximum Gasteiger partial charge on any atom is 0.416 e. The Labute approximate surface area is 133 Å². The molecule has 24 heavy (non-hydrogen) atoms. The number of alkyl halides is 3. The predicted molar refractivity (Wildman–Crippen MR) is 77.6 cm³/mol. The molecular formula is C14H12F3N3O4. The highest BCUT2D eigenvalue weighted by atomic mass is 19.4. The van der Waals surface area contributed by atoms with Gasteiger partial charge >= 0.3 is 6.18 Å². The normalized spacial score (nSPS) is 11.1. The highest BCUT2D eigenvalue weighted by Gasteiger charge is 2.32. The van der Waals surface area contributed by atoms with E-state index >= 15 is 0 Å². The lowest BCUT2D eigenvalue weighted by Crippen LogP contribution is -2.28. The van der Waals surface area contributed by atoms with Gasteiger partial charge in [0.1, 0.15) is 5.69 Å².